The minimum atomic E-state index is -2.92. The van der Waals surface area contributed by atoms with E-state index in [4.69, 9.17) is 0 Å². The molecule has 0 bridgehead atoms. The largest absolute Gasteiger partial charge is 0.357 e. The highest BCUT2D eigenvalue weighted by molar-refractivity contribution is 7.90. The maximum absolute atomic E-state index is 11.1. The highest BCUT2D eigenvalue weighted by Gasteiger charge is 2.34. The van der Waals surface area contributed by atoms with Crippen LogP contribution in [0.15, 0.2) is 4.99 Å². The van der Waals surface area contributed by atoms with Crippen LogP contribution in [0.5, 0.6) is 0 Å². The maximum atomic E-state index is 11.1. The summed E-state index contributed by atoms with van der Waals surface area (Å²) in [6, 6.07) is 0. The predicted octanol–water partition coefficient (Wildman–Crippen LogP) is 1.17. The molecule has 0 radical (unpaired) electrons. The monoisotopic (exact) mass is 289 g/mol. The maximum Gasteiger partial charge on any atom is 0.191 e. The molecule has 1 fully saturated rings. The van der Waals surface area contributed by atoms with Gasteiger partial charge in [-0.05, 0) is 31.6 Å². The molecular weight excluding hydrogens is 262 g/mol. The van der Waals surface area contributed by atoms with E-state index in [2.05, 4.69) is 22.5 Å². The molecule has 0 spiro atoms. The lowest BCUT2D eigenvalue weighted by molar-refractivity contribution is 0.139. The van der Waals surface area contributed by atoms with E-state index in [9.17, 15) is 8.42 Å². The minimum absolute atomic E-state index is 0.135. The predicted molar refractivity (Wildman–Crippen MR) is 80.3 cm³/mol. The third-order valence-corrected chi connectivity index (χ3v) is 4.79. The molecule has 1 saturated carbocycles. The highest BCUT2D eigenvalue weighted by atomic mass is 32.2. The van der Waals surface area contributed by atoms with E-state index in [-0.39, 0.29) is 5.75 Å². The zero-order chi connectivity index (χ0) is 14.4. The summed E-state index contributed by atoms with van der Waals surface area (Å²) in [6.07, 6.45) is 6.24. The van der Waals surface area contributed by atoms with Gasteiger partial charge in [-0.2, -0.15) is 0 Å². The van der Waals surface area contributed by atoms with E-state index in [0.29, 0.717) is 12.0 Å². The van der Waals surface area contributed by atoms with E-state index in [0.717, 1.165) is 19.0 Å². The van der Waals surface area contributed by atoms with Crippen LogP contribution in [0.1, 0.15) is 39.5 Å². The minimum Gasteiger partial charge on any atom is -0.357 e. The fourth-order valence-electron chi connectivity index (χ4n) is 2.24. The van der Waals surface area contributed by atoms with Crippen LogP contribution in [0.3, 0.4) is 0 Å². The first-order chi connectivity index (χ1) is 8.91. The smallest absolute Gasteiger partial charge is 0.191 e. The van der Waals surface area contributed by atoms with Gasteiger partial charge < -0.3 is 10.6 Å². The Balaban J connectivity index is 2.46. The quantitative estimate of drug-likeness (QED) is 0.545. The van der Waals surface area contributed by atoms with Gasteiger partial charge in [0.05, 0.1) is 5.75 Å². The summed E-state index contributed by atoms with van der Waals surface area (Å²) in [5.41, 5.74) is 0.388. The molecule has 5 nitrogen and oxygen atoms in total. The van der Waals surface area contributed by atoms with Crippen molar-refractivity contribution in [1.82, 2.24) is 10.6 Å². The fraction of sp³-hybridized carbons (Fsp3) is 0.923. The Kier molecular flexibility index (Phi) is 6.10. The summed E-state index contributed by atoms with van der Waals surface area (Å²) < 4.78 is 22.2. The summed E-state index contributed by atoms with van der Waals surface area (Å²) in [4.78, 5) is 4.60. The van der Waals surface area contributed by atoms with Crippen molar-refractivity contribution in [3.8, 4) is 0 Å². The molecule has 1 rings (SSSR count). The van der Waals surface area contributed by atoms with Crippen LogP contribution in [0.2, 0.25) is 0 Å². The van der Waals surface area contributed by atoms with Gasteiger partial charge in [0, 0.05) is 25.9 Å². The van der Waals surface area contributed by atoms with Crippen LogP contribution in [0.4, 0.5) is 0 Å². The molecule has 2 N–H and O–H groups in total. The Morgan fingerprint density at radius 2 is 1.95 bits per heavy atom. The first kappa shape index (κ1) is 16.3. The molecule has 0 aromatic rings. The first-order valence-electron chi connectivity index (χ1n) is 7.11. The van der Waals surface area contributed by atoms with Gasteiger partial charge in [0.15, 0.2) is 5.96 Å². The highest BCUT2D eigenvalue weighted by Crippen LogP contribution is 2.43. The van der Waals surface area contributed by atoms with Crippen molar-refractivity contribution in [2.24, 2.45) is 10.4 Å². The molecule has 0 aromatic heterocycles. The SMILES string of the molecule is CCNC(=NCC1(CC)CCC1)NCCS(C)(=O)=O. The second-order valence-corrected chi connectivity index (χ2v) is 7.72. The van der Waals surface area contributed by atoms with Crippen molar-refractivity contribution in [1.29, 1.82) is 0 Å². The van der Waals surface area contributed by atoms with Crippen LogP contribution in [0, 0.1) is 5.41 Å². The Bertz CT molecular complexity index is 395. The number of guanidine groups is 1. The summed E-state index contributed by atoms with van der Waals surface area (Å²) in [5, 5.41) is 6.24. The van der Waals surface area contributed by atoms with Crippen LogP contribution in [0.25, 0.3) is 0 Å². The third-order valence-electron chi connectivity index (χ3n) is 3.85. The van der Waals surface area contributed by atoms with E-state index >= 15 is 0 Å². The summed E-state index contributed by atoms with van der Waals surface area (Å²) in [6.45, 7) is 6.25. The lowest BCUT2D eigenvalue weighted by Gasteiger charge is -2.40. The summed E-state index contributed by atoms with van der Waals surface area (Å²) in [5.74, 6) is 0.863. The zero-order valence-electron chi connectivity index (χ0n) is 12.3. The van der Waals surface area contributed by atoms with Gasteiger partial charge in [0.25, 0.3) is 0 Å². The van der Waals surface area contributed by atoms with Gasteiger partial charge in [-0.15, -0.1) is 0 Å². The second kappa shape index (κ2) is 7.12. The van der Waals surface area contributed by atoms with Gasteiger partial charge >= 0.3 is 0 Å². The van der Waals surface area contributed by atoms with Gasteiger partial charge in [0.1, 0.15) is 9.84 Å². The number of aliphatic imine (C=N–C) groups is 1. The molecule has 0 aromatic carbocycles. The lowest BCUT2D eigenvalue weighted by atomic mass is 9.67. The number of sulfone groups is 1. The van der Waals surface area contributed by atoms with Crippen LogP contribution >= 0.6 is 0 Å². The molecule has 112 valence electrons. The number of nitrogens with one attached hydrogen (secondary N) is 2. The van der Waals surface area contributed by atoms with E-state index in [1.54, 1.807) is 0 Å². The molecule has 0 atom stereocenters. The van der Waals surface area contributed by atoms with E-state index in [1.807, 2.05) is 6.92 Å². The van der Waals surface area contributed by atoms with Gasteiger partial charge in [-0.25, -0.2) is 8.42 Å². The fourth-order valence-corrected chi connectivity index (χ4v) is 2.72. The molecular formula is C13H27N3O2S. The second-order valence-electron chi connectivity index (χ2n) is 5.46. The molecule has 0 heterocycles. The van der Waals surface area contributed by atoms with Crippen molar-refractivity contribution >= 4 is 15.8 Å². The Hall–Kier alpha value is -0.780. The Morgan fingerprint density at radius 3 is 2.37 bits per heavy atom. The van der Waals surface area contributed by atoms with E-state index < -0.39 is 9.84 Å². The molecule has 0 unspecified atom stereocenters. The molecule has 6 heteroatoms. The van der Waals surface area contributed by atoms with Crippen molar-refractivity contribution in [2.45, 2.75) is 39.5 Å². The zero-order valence-corrected chi connectivity index (χ0v) is 13.1. The van der Waals surface area contributed by atoms with Crippen LogP contribution in [-0.4, -0.2) is 46.0 Å². The van der Waals surface area contributed by atoms with E-state index in [1.165, 1.54) is 31.9 Å². The summed E-state index contributed by atoms with van der Waals surface area (Å²) >= 11 is 0. The van der Waals surface area contributed by atoms with Crippen LogP contribution < -0.4 is 10.6 Å². The normalized spacial score (nSPS) is 18.8. The van der Waals surface area contributed by atoms with Crippen molar-refractivity contribution < 1.29 is 8.42 Å². The molecule has 1 aliphatic rings. The summed E-state index contributed by atoms with van der Waals surface area (Å²) in [7, 11) is -2.92. The standard InChI is InChI=1S/C13H27N3O2S/c1-4-13(7-6-8-13)11-16-12(14-5-2)15-9-10-19(3,17)18/h4-11H2,1-3H3,(H2,14,15,16). The van der Waals surface area contributed by atoms with Gasteiger partial charge in [0.2, 0.25) is 0 Å². The number of rotatable bonds is 7. The molecule has 0 amide bonds. The Morgan fingerprint density at radius 1 is 1.26 bits per heavy atom. The number of nitrogens with zero attached hydrogens (tertiary/aromatic N) is 1. The first-order valence-corrected chi connectivity index (χ1v) is 9.17. The van der Waals surface area contributed by atoms with Crippen molar-refractivity contribution in [3.63, 3.8) is 0 Å². The van der Waals surface area contributed by atoms with Crippen molar-refractivity contribution in [2.75, 3.05) is 31.6 Å². The Labute approximate surface area is 117 Å². The molecule has 0 saturated heterocycles. The third kappa shape index (κ3) is 5.80. The average Bonchev–Trinajstić information content (AvgIpc) is 2.26. The van der Waals surface area contributed by atoms with Gasteiger partial charge in [-0.3, -0.25) is 4.99 Å². The lowest BCUT2D eigenvalue weighted by Crippen LogP contribution is -2.41. The number of hydrogen-bond donors (Lipinski definition) is 2. The van der Waals surface area contributed by atoms with Crippen molar-refractivity contribution in [3.05, 3.63) is 0 Å². The number of hydrogen-bond acceptors (Lipinski definition) is 3. The van der Waals surface area contributed by atoms with Gasteiger partial charge in [-0.1, -0.05) is 13.3 Å². The molecule has 19 heavy (non-hydrogen) atoms. The molecule has 0 aliphatic heterocycles. The molecule has 1 aliphatic carbocycles. The topological polar surface area (TPSA) is 70.6 Å². The average molecular weight is 289 g/mol. The van der Waals surface area contributed by atoms with Crippen LogP contribution in [-0.2, 0) is 9.84 Å².